The number of nitrogens with one attached hydrogen (secondary N) is 1. The fourth-order valence-electron chi connectivity index (χ4n) is 1.56. The first-order valence-electron chi connectivity index (χ1n) is 4.59. The molecule has 1 rings (SSSR count). The topological polar surface area (TPSA) is 27.1 Å². The van der Waals surface area contributed by atoms with Crippen molar-refractivity contribution in [3.05, 3.63) is 0 Å². The van der Waals surface area contributed by atoms with Crippen molar-refractivity contribution in [3.8, 4) is 0 Å². The second kappa shape index (κ2) is 3.74. The van der Waals surface area contributed by atoms with E-state index in [0.717, 1.165) is 25.2 Å². The monoisotopic (exact) mass is 154 g/mol. The SMILES string of the molecule is CCC(C)N1CCCCC1=N. The Labute approximate surface area is 69.1 Å². The van der Waals surface area contributed by atoms with E-state index in [-0.39, 0.29) is 0 Å². The van der Waals surface area contributed by atoms with Gasteiger partial charge in [-0.2, -0.15) is 0 Å². The Balaban J connectivity index is 2.47. The number of rotatable bonds is 2. The Morgan fingerprint density at radius 3 is 2.82 bits per heavy atom. The lowest BCUT2D eigenvalue weighted by molar-refractivity contribution is 0.289. The second-order valence-corrected chi connectivity index (χ2v) is 3.35. The quantitative estimate of drug-likeness (QED) is 0.649. The second-order valence-electron chi connectivity index (χ2n) is 3.35. The third kappa shape index (κ3) is 1.95. The van der Waals surface area contributed by atoms with Gasteiger partial charge in [-0.25, -0.2) is 0 Å². The molecule has 0 radical (unpaired) electrons. The van der Waals surface area contributed by atoms with E-state index in [9.17, 15) is 0 Å². The molecule has 1 N–H and O–H groups in total. The fraction of sp³-hybridized carbons (Fsp3) is 0.889. The highest BCUT2D eigenvalue weighted by atomic mass is 15.2. The van der Waals surface area contributed by atoms with Gasteiger partial charge in [-0.15, -0.1) is 0 Å². The van der Waals surface area contributed by atoms with E-state index in [4.69, 9.17) is 5.41 Å². The molecule has 2 heteroatoms. The molecule has 1 heterocycles. The minimum absolute atomic E-state index is 0.572. The first-order chi connectivity index (χ1) is 5.25. The largest absolute Gasteiger partial charge is 0.358 e. The van der Waals surface area contributed by atoms with Crippen LogP contribution >= 0.6 is 0 Å². The van der Waals surface area contributed by atoms with Crippen LogP contribution in [0.3, 0.4) is 0 Å². The average molecular weight is 154 g/mol. The van der Waals surface area contributed by atoms with Crippen molar-refractivity contribution in [1.29, 1.82) is 5.41 Å². The van der Waals surface area contributed by atoms with Crippen molar-refractivity contribution >= 4 is 5.84 Å². The van der Waals surface area contributed by atoms with Crippen LogP contribution in [0.5, 0.6) is 0 Å². The molecule has 1 aliphatic rings. The zero-order valence-electron chi connectivity index (χ0n) is 7.56. The molecule has 1 atom stereocenters. The number of amidine groups is 1. The van der Waals surface area contributed by atoms with E-state index in [1.165, 1.54) is 12.8 Å². The highest BCUT2D eigenvalue weighted by molar-refractivity contribution is 5.80. The van der Waals surface area contributed by atoms with E-state index < -0.39 is 0 Å². The van der Waals surface area contributed by atoms with Gasteiger partial charge in [-0.1, -0.05) is 6.92 Å². The molecule has 1 aliphatic heterocycles. The number of nitrogens with zero attached hydrogens (tertiary/aromatic N) is 1. The van der Waals surface area contributed by atoms with Gasteiger partial charge in [0.2, 0.25) is 0 Å². The molecule has 0 amide bonds. The van der Waals surface area contributed by atoms with Crippen molar-refractivity contribution in [3.63, 3.8) is 0 Å². The summed E-state index contributed by atoms with van der Waals surface area (Å²) < 4.78 is 0. The van der Waals surface area contributed by atoms with Gasteiger partial charge in [0.15, 0.2) is 0 Å². The minimum Gasteiger partial charge on any atom is -0.358 e. The molecule has 0 aromatic rings. The Kier molecular flexibility index (Phi) is 2.92. The lowest BCUT2D eigenvalue weighted by Gasteiger charge is -2.34. The number of hydrogen-bond acceptors (Lipinski definition) is 1. The average Bonchev–Trinajstić information content (AvgIpc) is 2.04. The molecular weight excluding hydrogens is 136 g/mol. The Hall–Kier alpha value is -0.530. The van der Waals surface area contributed by atoms with Crippen LogP contribution in [0.1, 0.15) is 39.5 Å². The van der Waals surface area contributed by atoms with Gasteiger partial charge in [-0.3, -0.25) is 5.41 Å². The first kappa shape index (κ1) is 8.57. The molecule has 0 bridgehead atoms. The summed E-state index contributed by atoms with van der Waals surface area (Å²) in [4.78, 5) is 2.24. The molecule has 1 unspecified atom stereocenters. The van der Waals surface area contributed by atoms with Crippen LogP contribution < -0.4 is 0 Å². The maximum Gasteiger partial charge on any atom is 0.0960 e. The summed E-state index contributed by atoms with van der Waals surface area (Å²) in [5.74, 6) is 0.852. The molecule has 0 spiro atoms. The van der Waals surface area contributed by atoms with Crippen molar-refractivity contribution in [2.75, 3.05) is 6.54 Å². The standard InChI is InChI=1S/C9H18N2/c1-3-8(2)11-7-5-4-6-9(11)10/h8,10H,3-7H2,1-2H3. The minimum atomic E-state index is 0.572. The molecule has 0 aromatic carbocycles. The maximum absolute atomic E-state index is 7.71. The van der Waals surface area contributed by atoms with Crippen LogP contribution in [0, 0.1) is 5.41 Å². The van der Waals surface area contributed by atoms with Crippen LogP contribution in [0.15, 0.2) is 0 Å². The van der Waals surface area contributed by atoms with Gasteiger partial charge < -0.3 is 4.90 Å². The molecule has 1 saturated heterocycles. The molecule has 2 nitrogen and oxygen atoms in total. The van der Waals surface area contributed by atoms with Crippen molar-refractivity contribution < 1.29 is 0 Å². The van der Waals surface area contributed by atoms with Gasteiger partial charge in [0.1, 0.15) is 0 Å². The summed E-state index contributed by atoms with van der Waals surface area (Å²) in [6, 6.07) is 0.572. The van der Waals surface area contributed by atoms with Crippen molar-refractivity contribution in [2.24, 2.45) is 0 Å². The first-order valence-corrected chi connectivity index (χ1v) is 4.59. The summed E-state index contributed by atoms with van der Waals surface area (Å²) in [6.45, 7) is 5.50. The summed E-state index contributed by atoms with van der Waals surface area (Å²) in [5, 5.41) is 7.71. The molecular formula is C9H18N2. The van der Waals surface area contributed by atoms with E-state index in [2.05, 4.69) is 18.7 Å². The molecule has 64 valence electrons. The normalized spacial score (nSPS) is 22.0. The summed E-state index contributed by atoms with van der Waals surface area (Å²) in [7, 11) is 0. The zero-order valence-corrected chi connectivity index (χ0v) is 7.56. The molecule has 0 saturated carbocycles. The lowest BCUT2D eigenvalue weighted by atomic mass is 10.1. The highest BCUT2D eigenvalue weighted by Gasteiger charge is 2.18. The summed E-state index contributed by atoms with van der Waals surface area (Å²) >= 11 is 0. The molecule has 11 heavy (non-hydrogen) atoms. The van der Waals surface area contributed by atoms with E-state index >= 15 is 0 Å². The Morgan fingerprint density at radius 2 is 2.27 bits per heavy atom. The third-order valence-corrected chi connectivity index (χ3v) is 2.53. The fourth-order valence-corrected chi connectivity index (χ4v) is 1.56. The van der Waals surface area contributed by atoms with E-state index in [0.29, 0.717) is 6.04 Å². The predicted molar refractivity (Wildman–Crippen MR) is 48.0 cm³/mol. The zero-order chi connectivity index (χ0) is 8.27. The third-order valence-electron chi connectivity index (χ3n) is 2.53. The van der Waals surface area contributed by atoms with Crippen LogP contribution in [0.4, 0.5) is 0 Å². The Morgan fingerprint density at radius 1 is 1.55 bits per heavy atom. The van der Waals surface area contributed by atoms with E-state index in [1.807, 2.05) is 0 Å². The van der Waals surface area contributed by atoms with Gasteiger partial charge in [-0.05, 0) is 26.2 Å². The van der Waals surface area contributed by atoms with E-state index in [1.54, 1.807) is 0 Å². The van der Waals surface area contributed by atoms with Crippen LogP contribution in [0.2, 0.25) is 0 Å². The van der Waals surface area contributed by atoms with Gasteiger partial charge in [0.25, 0.3) is 0 Å². The van der Waals surface area contributed by atoms with Crippen molar-refractivity contribution in [2.45, 2.75) is 45.6 Å². The number of likely N-dealkylation sites (tertiary alicyclic amines) is 1. The van der Waals surface area contributed by atoms with Gasteiger partial charge >= 0.3 is 0 Å². The molecule has 0 aliphatic carbocycles. The van der Waals surface area contributed by atoms with Crippen LogP contribution in [0.25, 0.3) is 0 Å². The predicted octanol–water partition coefficient (Wildman–Crippen LogP) is 2.25. The maximum atomic E-state index is 7.71. The number of hydrogen-bond donors (Lipinski definition) is 1. The highest BCUT2D eigenvalue weighted by Crippen LogP contribution is 2.15. The lowest BCUT2D eigenvalue weighted by Crippen LogP contribution is -2.41. The van der Waals surface area contributed by atoms with Crippen LogP contribution in [-0.2, 0) is 0 Å². The van der Waals surface area contributed by atoms with Crippen LogP contribution in [-0.4, -0.2) is 23.3 Å². The smallest absolute Gasteiger partial charge is 0.0960 e. The van der Waals surface area contributed by atoms with Gasteiger partial charge in [0, 0.05) is 19.0 Å². The summed E-state index contributed by atoms with van der Waals surface area (Å²) in [5.41, 5.74) is 0. The molecule has 1 fully saturated rings. The van der Waals surface area contributed by atoms with Gasteiger partial charge in [0.05, 0.1) is 5.84 Å². The van der Waals surface area contributed by atoms with Crippen molar-refractivity contribution in [1.82, 2.24) is 4.90 Å². The Bertz CT molecular complexity index is 142. The summed E-state index contributed by atoms with van der Waals surface area (Å²) in [6.07, 6.45) is 4.63. The number of piperidine rings is 1. The molecule has 0 aromatic heterocycles.